The van der Waals surface area contributed by atoms with Gasteiger partial charge in [-0.2, -0.15) is 0 Å². The van der Waals surface area contributed by atoms with Crippen molar-refractivity contribution in [3.63, 3.8) is 0 Å². The first kappa shape index (κ1) is 35.8. The largest absolute Gasteiger partial charge is 2.00 e. The molecule has 8 nitrogen and oxygen atoms in total. The number of nitrogens with zero attached hydrogens (tertiary/aromatic N) is 8. The van der Waals surface area contributed by atoms with Crippen molar-refractivity contribution >= 4 is 34.2 Å². The van der Waals surface area contributed by atoms with Gasteiger partial charge >= 0.3 is 17.1 Å². The van der Waals surface area contributed by atoms with Gasteiger partial charge in [0.25, 0.3) is 0 Å². The van der Waals surface area contributed by atoms with Gasteiger partial charge in [-0.1, -0.05) is 182 Å². The predicted octanol–water partition coefficient (Wildman–Crippen LogP) is 9.45. The van der Waals surface area contributed by atoms with Crippen LogP contribution in [0.5, 0.6) is 0 Å². The topological polar surface area (TPSA) is 103 Å². The summed E-state index contributed by atoms with van der Waals surface area (Å²) in [5.74, 6) is 1.59. The van der Waals surface area contributed by atoms with Crippen LogP contribution in [0.3, 0.4) is 0 Å². The van der Waals surface area contributed by atoms with Gasteiger partial charge in [-0.05, 0) is 56.7 Å². The summed E-state index contributed by atoms with van der Waals surface area (Å²) in [7, 11) is 0. The number of benzene rings is 6. The maximum absolute atomic E-state index is 5.38. The molecule has 8 bridgehead atoms. The number of fused-ring (bicyclic) bond motifs is 8. The van der Waals surface area contributed by atoms with Crippen LogP contribution in [0.4, 0.5) is 0 Å². The maximum atomic E-state index is 5.38. The quantitative estimate of drug-likeness (QED) is 0.156. The Kier molecular flexibility index (Phi) is 9.14. The van der Waals surface area contributed by atoms with Gasteiger partial charge in [-0.25, -0.2) is 20.0 Å². The molecular formula is C50H30CuN8. The van der Waals surface area contributed by atoms with Crippen molar-refractivity contribution in [2.24, 2.45) is 20.0 Å². The molecule has 0 aliphatic carbocycles. The third-order valence-corrected chi connectivity index (χ3v) is 10.3. The van der Waals surface area contributed by atoms with Crippen molar-refractivity contribution in [2.45, 2.75) is 0 Å². The Morgan fingerprint density at radius 1 is 0.305 bits per heavy atom. The van der Waals surface area contributed by atoms with E-state index in [1.807, 2.05) is 158 Å². The zero-order chi connectivity index (χ0) is 38.4. The van der Waals surface area contributed by atoms with E-state index in [4.69, 9.17) is 39.9 Å². The molecule has 0 spiro atoms. The number of allylic oxidation sites excluding steroid dienone is 2. The van der Waals surface area contributed by atoms with Gasteiger partial charge in [0, 0.05) is 22.3 Å². The van der Waals surface area contributed by atoms with Crippen LogP contribution in [0.25, 0.3) is 33.7 Å². The minimum Gasteiger partial charge on any atom is -0.432 e. The van der Waals surface area contributed by atoms with Crippen LogP contribution in [0.15, 0.2) is 213 Å². The van der Waals surface area contributed by atoms with Crippen molar-refractivity contribution in [3.05, 3.63) is 239 Å². The van der Waals surface area contributed by atoms with Crippen LogP contribution in [0.1, 0.15) is 45.3 Å². The van der Waals surface area contributed by atoms with Gasteiger partial charge in [0.15, 0.2) is 11.7 Å². The third-order valence-electron chi connectivity index (χ3n) is 10.3. The molecule has 11 rings (SSSR count). The predicted molar refractivity (Wildman–Crippen MR) is 230 cm³/mol. The molecule has 9 heteroatoms. The van der Waals surface area contributed by atoms with E-state index in [-0.39, 0.29) is 17.1 Å². The maximum Gasteiger partial charge on any atom is 2.00 e. The van der Waals surface area contributed by atoms with E-state index in [2.05, 4.69) is 24.3 Å². The number of hydrogen-bond acceptors (Lipinski definition) is 6. The summed E-state index contributed by atoms with van der Waals surface area (Å²) in [5.41, 5.74) is 12.3. The van der Waals surface area contributed by atoms with Crippen LogP contribution < -0.4 is 9.97 Å². The summed E-state index contributed by atoms with van der Waals surface area (Å²) in [6.45, 7) is 0. The first-order chi connectivity index (χ1) is 28.8. The Labute approximate surface area is 350 Å². The number of imidazole rings is 2. The Hall–Kier alpha value is -7.58. The van der Waals surface area contributed by atoms with Crippen LogP contribution in [0, 0.1) is 0 Å². The van der Waals surface area contributed by atoms with Gasteiger partial charge < -0.3 is 19.9 Å². The molecule has 0 saturated carbocycles. The number of aliphatic imine (C=N–C) groups is 4. The van der Waals surface area contributed by atoms with Gasteiger partial charge in [-0.3, -0.25) is 0 Å². The average molecular weight is 806 g/mol. The van der Waals surface area contributed by atoms with Crippen LogP contribution in [-0.2, 0) is 17.1 Å². The molecule has 281 valence electrons. The normalized spacial score (nSPS) is 14.2. The summed E-state index contributed by atoms with van der Waals surface area (Å²) >= 11 is 0. The minimum atomic E-state index is 0. The van der Waals surface area contributed by atoms with E-state index >= 15 is 0 Å². The SMILES string of the molecule is [Cu+2].c1ccc(C2=NC3=NC2=C(c2ccccc2)c2[n-]c(nc2-c2ccccc2)C2=NC(=C(c4ccccc4)c4[n-]c3nc4-c3ccccc3)C(c3ccccc3)=N2)cc1. The van der Waals surface area contributed by atoms with E-state index in [1.165, 1.54) is 0 Å². The second-order valence-electron chi connectivity index (χ2n) is 13.9. The molecule has 59 heavy (non-hydrogen) atoms. The van der Waals surface area contributed by atoms with Crippen molar-refractivity contribution in [1.29, 1.82) is 0 Å². The molecule has 2 aromatic heterocycles. The molecule has 0 saturated heterocycles. The number of rotatable bonds is 6. The van der Waals surface area contributed by atoms with E-state index in [0.29, 0.717) is 68.9 Å². The second-order valence-corrected chi connectivity index (χ2v) is 13.9. The first-order valence-corrected chi connectivity index (χ1v) is 19.0. The van der Waals surface area contributed by atoms with Gasteiger partial charge in [0.05, 0.1) is 22.8 Å². The van der Waals surface area contributed by atoms with E-state index in [9.17, 15) is 0 Å². The average Bonchev–Trinajstić information content (AvgIpc) is 4.12. The molecule has 8 aromatic rings. The fraction of sp³-hybridized carbons (Fsp3) is 0. The molecule has 6 aromatic carbocycles. The van der Waals surface area contributed by atoms with Crippen molar-refractivity contribution in [2.75, 3.05) is 0 Å². The van der Waals surface area contributed by atoms with Crippen LogP contribution in [0.2, 0.25) is 0 Å². The molecule has 0 N–H and O–H groups in total. The minimum absolute atomic E-state index is 0. The van der Waals surface area contributed by atoms with E-state index in [1.54, 1.807) is 0 Å². The van der Waals surface area contributed by atoms with Gasteiger partial charge in [-0.15, -0.1) is 0 Å². The monoisotopic (exact) mass is 805 g/mol. The summed E-state index contributed by atoms with van der Waals surface area (Å²) in [4.78, 5) is 42.7. The summed E-state index contributed by atoms with van der Waals surface area (Å²) in [5, 5.41) is 0. The van der Waals surface area contributed by atoms with Crippen molar-refractivity contribution in [1.82, 2.24) is 19.9 Å². The summed E-state index contributed by atoms with van der Waals surface area (Å²) in [6.07, 6.45) is 0. The Bertz CT molecular complexity index is 2840. The molecule has 5 heterocycles. The molecule has 3 aliphatic heterocycles. The van der Waals surface area contributed by atoms with Crippen molar-refractivity contribution < 1.29 is 17.1 Å². The van der Waals surface area contributed by atoms with Crippen LogP contribution >= 0.6 is 0 Å². The molecule has 0 unspecified atom stereocenters. The Morgan fingerprint density at radius 3 is 0.915 bits per heavy atom. The Morgan fingerprint density at radius 2 is 0.593 bits per heavy atom. The van der Waals surface area contributed by atoms with Gasteiger partial charge in [0.1, 0.15) is 0 Å². The van der Waals surface area contributed by atoms with Crippen molar-refractivity contribution in [3.8, 4) is 22.5 Å². The van der Waals surface area contributed by atoms with E-state index < -0.39 is 0 Å². The summed E-state index contributed by atoms with van der Waals surface area (Å²) in [6, 6.07) is 60.8. The smallest absolute Gasteiger partial charge is 0.432 e. The number of amidine groups is 2. The Balaban J connectivity index is 0.00000420. The molecular weight excluding hydrogens is 776 g/mol. The molecule has 0 amide bonds. The standard InChI is InChI=1S/C50H30N8.Cu/c1-7-19-31(20-8-1)37-43-39(33-23-11-3-12-24-33)51-47(55-43)49-53-41(35-27-15-5-16-28-35)45(57-49)38(32-21-9-2-10-22-32)46-42(36-29-17-6-18-30-36)54-50(58-46)48-52-40(44(37)56-48)34-25-13-4-14-26-34;/h1-30H;/q-2;+2. The molecule has 0 atom stereocenters. The number of hydrogen-bond donors (Lipinski definition) is 0. The zero-order valence-corrected chi connectivity index (χ0v) is 32.1. The molecule has 0 fully saturated rings. The zero-order valence-electron chi connectivity index (χ0n) is 31.2. The molecule has 3 aliphatic rings. The summed E-state index contributed by atoms with van der Waals surface area (Å²) < 4.78 is 0. The fourth-order valence-electron chi connectivity index (χ4n) is 7.64. The van der Waals surface area contributed by atoms with Gasteiger partial charge in [0.2, 0.25) is 0 Å². The second kappa shape index (κ2) is 15.1. The fourth-order valence-corrected chi connectivity index (χ4v) is 7.64. The number of aromatic nitrogens is 4. The first-order valence-electron chi connectivity index (χ1n) is 19.0. The van der Waals surface area contributed by atoms with E-state index in [0.717, 1.165) is 44.5 Å². The van der Waals surface area contributed by atoms with Crippen LogP contribution in [-0.4, -0.2) is 33.1 Å². The molecule has 1 radical (unpaired) electrons. The third kappa shape index (κ3) is 6.35.